The second-order valence-electron chi connectivity index (χ2n) is 8.19. The highest BCUT2D eigenvalue weighted by molar-refractivity contribution is 7.99. The predicted octanol–water partition coefficient (Wildman–Crippen LogP) is 2.92. The Morgan fingerprint density at radius 2 is 1.70 bits per heavy atom. The van der Waals surface area contributed by atoms with Crippen molar-refractivity contribution in [2.75, 3.05) is 5.75 Å². The number of rotatable bonds is 9. The molecule has 11 heteroatoms. The van der Waals surface area contributed by atoms with Crippen molar-refractivity contribution in [3.8, 4) is 0 Å². The third-order valence-corrected chi connectivity index (χ3v) is 7.48. The summed E-state index contributed by atoms with van der Waals surface area (Å²) in [4.78, 5) is 30.4. The number of nitrogens with two attached hydrogens (primary N) is 1. The molecule has 1 heterocycles. The summed E-state index contributed by atoms with van der Waals surface area (Å²) in [6.07, 6.45) is 0.450. The van der Waals surface area contributed by atoms with Gasteiger partial charge in [0.1, 0.15) is 0 Å². The first kappa shape index (κ1) is 26.3. The van der Waals surface area contributed by atoms with Crippen LogP contribution < -0.4 is 16.1 Å². The Balaban J connectivity index is 1.51. The largest absolute Gasteiger partial charge is 0.287 e. The summed E-state index contributed by atoms with van der Waals surface area (Å²) >= 11 is 1.15. The number of sulfonamides is 1. The third kappa shape index (κ3) is 6.70. The van der Waals surface area contributed by atoms with Crippen molar-refractivity contribution in [1.82, 2.24) is 15.0 Å². The fourth-order valence-electron chi connectivity index (χ4n) is 3.59. The van der Waals surface area contributed by atoms with E-state index in [9.17, 15) is 18.0 Å². The maximum atomic E-state index is 13.3. The number of amides is 1. The van der Waals surface area contributed by atoms with Crippen molar-refractivity contribution in [1.29, 1.82) is 0 Å². The van der Waals surface area contributed by atoms with Gasteiger partial charge in [-0.05, 0) is 48.7 Å². The summed E-state index contributed by atoms with van der Waals surface area (Å²) in [5.41, 5.74) is 5.28. The normalized spacial score (nSPS) is 12.0. The number of nitrogens with one attached hydrogen (secondary N) is 1. The number of para-hydroxylation sites is 1. The Kier molecular flexibility index (Phi) is 8.17. The van der Waals surface area contributed by atoms with Crippen LogP contribution in [0.5, 0.6) is 0 Å². The molecule has 4 aromatic rings. The smallest absolute Gasteiger partial charge is 0.262 e. The Bertz CT molecular complexity index is 1620. The molecule has 0 aliphatic carbocycles. The average molecular weight is 536 g/mol. The van der Waals surface area contributed by atoms with Gasteiger partial charge in [0.2, 0.25) is 10.0 Å². The molecule has 0 unspecified atom stereocenters. The second-order valence-corrected chi connectivity index (χ2v) is 10.7. The number of carbonyl (C=O) groups excluding carboxylic acids is 1. The van der Waals surface area contributed by atoms with E-state index in [0.29, 0.717) is 34.7 Å². The van der Waals surface area contributed by atoms with Gasteiger partial charge in [-0.25, -0.2) is 24.0 Å². The van der Waals surface area contributed by atoms with Crippen LogP contribution in [0.3, 0.4) is 0 Å². The molecule has 0 saturated carbocycles. The van der Waals surface area contributed by atoms with Crippen LogP contribution >= 0.6 is 11.8 Å². The highest BCUT2D eigenvalue weighted by atomic mass is 32.2. The van der Waals surface area contributed by atoms with E-state index < -0.39 is 10.0 Å². The maximum absolute atomic E-state index is 13.3. The van der Waals surface area contributed by atoms with Crippen molar-refractivity contribution in [2.45, 2.75) is 29.9 Å². The second kappa shape index (κ2) is 11.5. The Hall–Kier alpha value is -3.80. The summed E-state index contributed by atoms with van der Waals surface area (Å²) in [6, 6.07) is 22.7. The Morgan fingerprint density at radius 1 is 1.03 bits per heavy atom. The molecule has 37 heavy (non-hydrogen) atoms. The molecule has 190 valence electrons. The SMILES string of the molecule is C/C(=N\NC(=O)CSc1nc2ccccc2c(=O)n1CCc1ccc(S(N)(=O)=O)cc1)c1ccccc1. The number of aromatic nitrogens is 2. The first-order valence-corrected chi connectivity index (χ1v) is 13.9. The molecule has 0 aliphatic heterocycles. The average Bonchev–Trinajstić information content (AvgIpc) is 2.90. The Morgan fingerprint density at radius 3 is 2.41 bits per heavy atom. The van der Waals surface area contributed by atoms with Crippen LogP contribution in [0.15, 0.2) is 98.8 Å². The van der Waals surface area contributed by atoms with E-state index in [-0.39, 0.29) is 22.1 Å². The van der Waals surface area contributed by atoms with Crippen molar-refractivity contribution in [3.63, 3.8) is 0 Å². The molecule has 0 fully saturated rings. The fourth-order valence-corrected chi connectivity index (χ4v) is 4.93. The zero-order valence-electron chi connectivity index (χ0n) is 20.0. The van der Waals surface area contributed by atoms with Crippen molar-refractivity contribution in [3.05, 3.63) is 100 Å². The molecule has 0 radical (unpaired) electrons. The highest BCUT2D eigenvalue weighted by Crippen LogP contribution is 2.19. The summed E-state index contributed by atoms with van der Waals surface area (Å²) in [6.45, 7) is 2.10. The molecule has 0 bridgehead atoms. The lowest BCUT2D eigenvalue weighted by atomic mass is 10.1. The molecule has 9 nitrogen and oxygen atoms in total. The van der Waals surface area contributed by atoms with Crippen molar-refractivity contribution < 1.29 is 13.2 Å². The van der Waals surface area contributed by atoms with E-state index >= 15 is 0 Å². The number of benzene rings is 3. The molecule has 0 saturated heterocycles. The minimum atomic E-state index is -3.78. The van der Waals surface area contributed by atoms with E-state index in [1.807, 2.05) is 30.3 Å². The van der Waals surface area contributed by atoms with E-state index in [2.05, 4.69) is 15.5 Å². The summed E-state index contributed by atoms with van der Waals surface area (Å²) in [5, 5.41) is 10.2. The lowest BCUT2D eigenvalue weighted by Gasteiger charge is -2.13. The zero-order chi connectivity index (χ0) is 26.4. The number of hydrogen-bond acceptors (Lipinski definition) is 7. The van der Waals surface area contributed by atoms with Gasteiger partial charge in [-0.1, -0.05) is 66.4 Å². The van der Waals surface area contributed by atoms with Crippen LogP contribution in [-0.2, 0) is 27.8 Å². The van der Waals surface area contributed by atoms with E-state index in [1.165, 1.54) is 16.7 Å². The molecule has 1 amide bonds. The van der Waals surface area contributed by atoms with Crippen LogP contribution in [0, 0.1) is 0 Å². The Labute approximate surface area is 218 Å². The number of carbonyl (C=O) groups is 1. The number of thioether (sulfide) groups is 1. The van der Waals surface area contributed by atoms with Gasteiger partial charge in [-0.15, -0.1) is 0 Å². The fraction of sp³-hybridized carbons (Fsp3) is 0.154. The molecule has 0 aliphatic rings. The first-order valence-electron chi connectivity index (χ1n) is 11.3. The van der Waals surface area contributed by atoms with Gasteiger partial charge in [-0.2, -0.15) is 5.10 Å². The van der Waals surface area contributed by atoms with Crippen molar-refractivity contribution in [2.24, 2.45) is 10.2 Å². The monoisotopic (exact) mass is 535 g/mol. The van der Waals surface area contributed by atoms with Crippen LogP contribution in [0.4, 0.5) is 0 Å². The molecule has 0 atom stereocenters. The van der Waals surface area contributed by atoms with Crippen LogP contribution in [0.25, 0.3) is 10.9 Å². The lowest BCUT2D eigenvalue weighted by molar-refractivity contribution is -0.118. The van der Waals surface area contributed by atoms with Gasteiger partial charge in [0, 0.05) is 6.54 Å². The van der Waals surface area contributed by atoms with E-state index in [4.69, 9.17) is 5.14 Å². The number of nitrogens with zero attached hydrogens (tertiary/aromatic N) is 3. The van der Waals surface area contributed by atoms with Crippen LogP contribution in [0.1, 0.15) is 18.1 Å². The van der Waals surface area contributed by atoms with E-state index in [1.54, 1.807) is 43.3 Å². The van der Waals surface area contributed by atoms with Gasteiger partial charge in [0.25, 0.3) is 11.5 Å². The number of hydrogen-bond donors (Lipinski definition) is 2. The predicted molar refractivity (Wildman–Crippen MR) is 145 cm³/mol. The van der Waals surface area contributed by atoms with Gasteiger partial charge in [-0.3, -0.25) is 14.2 Å². The van der Waals surface area contributed by atoms with Gasteiger partial charge < -0.3 is 0 Å². The molecule has 3 aromatic carbocycles. The zero-order valence-corrected chi connectivity index (χ0v) is 21.6. The summed E-state index contributed by atoms with van der Waals surface area (Å²) in [7, 11) is -3.78. The topological polar surface area (TPSA) is 137 Å². The van der Waals surface area contributed by atoms with Gasteiger partial charge in [0.15, 0.2) is 5.16 Å². The molecule has 3 N–H and O–H groups in total. The first-order chi connectivity index (χ1) is 17.7. The standard InChI is InChI=1S/C26H25N5O4S2/c1-18(20-7-3-2-4-8-20)29-30-24(32)17-36-26-28-23-10-6-5-9-22(23)25(33)31(26)16-15-19-11-13-21(14-12-19)37(27,34)35/h2-14H,15-17H2,1H3,(H,30,32)(H2,27,34,35)/b29-18+. The minimum Gasteiger partial charge on any atom is -0.287 e. The number of fused-ring (bicyclic) bond motifs is 1. The third-order valence-electron chi connectivity index (χ3n) is 5.57. The molecular weight excluding hydrogens is 510 g/mol. The molecule has 0 spiro atoms. The van der Waals surface area contributed by atoms with Gasteiger partial charge >= 0.3 is 0 Å². The van der Waals surface area contributed by atoms with Crippen molar-refractivity contribution >= 4 is 44.3 Å². The van der Waals surface area contributed by atoms with Crippen LogP contribution in [0.2, 0.25) is 0 Å². The van der Waals surface area contributed by atoms with Gasteiger partial charge in [0.05, 0.1) is 27.3 Å². The number of hydrazone groups is 1. The van der Waals surface area contributed by atoms with E-state index in [0.717, 1.165) is 22.9 Å². The maximum Gasteiger partial charge on any atom is 0.262 e. The number of primary sulfonamides is 1. The molecule has 1 aromatic heterocycles. The lowest BCUT2D eigenvalue weighted by Crippen LogP contribution is -2.26. The summed E-state index contributed by atoms with van der Waals surface area (Å²) in [5.74, 6) is -0.313. The molecule has 4 rings (SSSR count). The molecular formula is C26H25N5O4S2. The van der Waals surface area contributed by atoms with Crippen LogP contribution in [-0.4, -0.2) is 35.3 Å². The quantitative estimate of drug-likeness (QED) is 0.146. The number of aryl methyl sites for hydroxylation is 1. The minimum absolute atomic E-state index is 0.0133. The highest BCUT2D eigenvalue weighted by Gasteiger charge is 2.14. The summed E-state index contributed by atoms with van der Waals surface area (Å²) < 4.78 is 24.5.